The first-order valence-electron chi connectivity index (χ1n) is 19.0. The number of hydrogen-bond donors (Lipinski definition) is 2. The Labute approximate surface area is 357 Å². The minimum absolute atomic E-state index is 0. The number of aliphatic carboxylic acids is 1. The number of nitrogens with one attached hydrogen (secondary N) is 1. The number of nitrogens with zero attached hydrogens (tertiary/aromatic N) is 5. The van der Waals surface area contributed by atoms with Gasteiger partial charge in [-0.3, -0.25) is 4.79 Å². The van der Waals surface area contributed by atoms with E-state index in [0.717, 1.165) is 76.6 Å². The van der Waals surface area contributed by atoms with Crippen molar-refractivity contribution < 1.29 is 31.5 Å². The summed E-state index contributed by atoms with van der Waals surface area (Å²) in [5.74, 6) is -1.07. The van der Waals surface area contributed by atoms with E-state index in [0.29, 0.717) is 40.2 Å². The number of fused-ring (bicyclic) bond motifs is 9. The van der Waals surface area contributed by atoms with Crippen LogP contribution < -0.4 is 20.8 Å². The van der Waals surface area contributed by atoms with Crippen molar-refractivity contribution in [3.05, 3.63) is 147 Å². The molecule has 0 aliphatic carbocycles. The van der Waals surface area contributed by atoms with Gasteiger partial charge in [0.15, 0.2) is 0 Å². The molecule has 0 fully saturated rings. The van der Waals surface area contributed by atoms with Crippen molar-refractivity contribution in [3.8, 4) is 5.69 Å². The van der Waals surface area contributed by atoms with Gasteiger partial charge in [0.2, 0.25) is 0 Å². The minimum atomic E-state index is -0.897. The fourth-order valence-corrected chi connectivity index (χ4v) is 9.76. The van der Waals surface area contributed by atoms with Crippen molar-refractivity contribution in [1.29, 1.82) is 0 Å². The molecule has 8 rings (SSSR count). The molecule has 10 nitrogen and oxygen atoms in total. The van der Waals surface area contributed by atoms with Crippen LogP contribution in [0, 0.1) is 13.8 Å². The predicted molar refractivity (Wildman–Crippen MR) is 234 cm³/mol. The molecule has 0 spiro atoms. The second-order valence-electron chi connectivity index (χ2n) is 14.5. The first-order valence-corrected chi connectivity index (χ1v) is 20.6. The summed E-state index contributed by atoms with van der Waals surface area (Å²) in [7, 11) is 0. The number of rotatable bonds is 10. The summed E-state index contributed by atoms with van der Waals surface area (Å²) in [5.41, 5.74) is 14.2. The Kier molecular flexibility index (Phi) is 11.6. The number of carboxylic acid groups (broad SMARTS) is 1. The molecule has 0 unspecified atom stereocenters. The van der Waals surface area contributed by atoms with E-state index in [1.54, 1.807) is 15.7 Å². The Morgan fingerprint density at radius 3 is 2.14 bits per heavy atom. The van der Waals surface area contributed by atoms with Crippen molar-refractivity contribution >= 4 is 92.4 Å². The maximum atomic E-state index is 13.5. The SMILES string of the molecule is C=CC1=C(C)c2cc3[n-]c(cc4nc(cc5[n-]c(cc1n2)c(C)c5CCC(=O)Nc1ccc(-n2[se]c5ccccc5c2=O)cc1)C(CCC(=O)O)=C4C)c(C)c3C=C.[Co+2]. The van der Waals surface area contributed by atoms with Gasteiger partial charge in [-0.15, -0.1) is 11.0 Å². The van der Waals surface area contributed by atoms with E-state index in [1.165, 1.54) is 0 Å². The molecule has 0 saturated carbocycles. The summed E-state index contributed by atoms with van der Waals surface area (Å²) in [6.07, 6.45) is 4.40. The Hall–Kier alpha value is -6.04. The summed E-state index contributed by atoms with van der Waals surface area (Å²) in [6, 6.07) is 22.8. The van der Waals surface area contributed by atoms with Crippen molar-refractivity contribution in [2.24, 2.45) is 0 Å². The van der Waals surface area contributed by atoms with Gasteiger partial charge in [-0.05, 0) is 49.5 Å². The molecule has 12 heteroatoms. The molecule has 8 bridgehead atoms. The number of anilines is 1. The third-order valence-corrected chi connectivity index (χ3v) is 13.3. The third-order valence-electron chi connectivity index (χ3n) is 11.0. The fraction of sp³-hybridized carbons (Fsp3) is 0.170. The molecule has 2 N–H and O–H groups in total. The number of carbonyl (C=O) groups excluding carboxylic acids is 1. The van der Waals surface area contributed by atoms with Gasteiger partial charge in [0.05, 0.1) is 22.8 Å². The average molecular weight is 891 g/mol. The third kappa shape index (κ3) is 7.80. The minimum Gasteiger partial charge on any atom is -0.481 e. The molecule has 1 radical (unpaired) electrons. The molecule has 1 amide bonds. The van der Waals surface area contributed by atoms with Crippen LogP contribution in [0.15, 0.2) is 96.8 Å². The molecule has 0 saturated heterocycles. The summed E-state index contributed by atoms with van der Waals surface area (Å²) < 4.78 is 2.85. The topological polar surface area (TPSA) is 142 Å². The molecule has 0 atom stereocenters. The van der Waals surface area contributed by atoms with Gasteiger partial charge >= 0.3 is 190 Å². The van der Waals surface area contributed by atoms with Gasteiger partial charge < -0.3 is 10.1 Å². The average Bonchev–Trinajstić information content (AvgIpc) is 3.95. The molecular formula is C47H40CoN6O4Se. The number of allylic oxidation sites excluding steroid dienone is 5. The number of carbonyl (C=O) groups is 2. The van der Waals surface area contributed by atoms with Crippen LogP contribution in [0.4, 0.5) is 5.69 Å². The standard InChI is InChI=1S/C47H42N6O4Se.Co/c1-7-31-25(3)36-21-37-28(6)34(18-20-46(55)56)43(51-37)24-42-33(27(5)39(52-42)23-41-32(8-2)26(4)38(50-41)22-40(31)49-36)17-19-45(54)48-29-13-15-30(16-14-29)53-47(57)35-11-9-10-12-44(35)58-53;/h7-16,21-24H,1-2,17-20H2,3-6H3,(H4,48,49,50,51,52,54,55,56);/q;+2/p-2. The Morgan fingerprint density at radius 2 is 1.42 bits per heavy atom. The normalized spacial score (nSPS) is 12.5. The second kappa shape index (κ2) is 16.7. The predicted octanol–water partition coefficient (Wildman–Crippen LogP) is 8.67. The van der Waals surface area contributed by atoms with Gasteiger partial charge in [0.25, 0.3) is 0 Å². The van der Waals surface area contributed by atoms with Crippen molar-refractivity contribution in [3.63, 3.8) is 0 Å². The zero-order chi connectivity index (χ0) is 40.8. The number of aromatic nitrogens is 5. The van der Waals surface area contributed by atoms with Crippen LogP contribution in [0.3, 0.4) is 0 Å². The van der Waals surface area contributed by atoms with Crippen LogP contribution in [0.1, 0.15) is 78.1 Å². The summed E-state index contributed by atoms with van der Waals surface area (Å²) >= 11 is -0.151. The molecule has 6 heterocycles. The van der Waals surface area contributed by atoms with E-state index >= 15 is 0 Å². The van der Waals surface area contributed by atoms with Gasteiger partial charge in [-0.25, -0.2) is 9.97 Å². The molecule has 2 aromatic carbocycles. The molecular weight excluding hydrogens is 850 g/mol. The first-order chi connectivity index (χ1) is 27.9. The number of hydrogen-bond acceptors (Lipinski definition) is 5. The number of amides is 1. The van der Waals surface area contributed by atoms with Crippen molar-refractivity contribution in [2.45, 2.75) is 53.4 Å². The van der Waals surface area contributed by atoms with Gasteiger partial charge in [-0.1, -0.05) is 49.1 Å². The van der Waals surface area contributed by atoms with Crippen LogP contribution >= 0.6 is 0 Å². The first kappa shape index (κ1) is 41.1. The van der Waals surface area contributed by atoms with E-state index in [-0.39, 0.29) is 62.2 Å². The zero-order valence-corrected chi connectivity index (χ0v) is 35.7. The van der Waals surface area contributed by atoms with E-state index in [4.69, 9.17) is 19.9 Å². The maximum absolute atomic E-state index is 13.5. The van der Waals surface area contributed by atoms with Crippen molar-refractivity contribution in [1.82, 2.24) is 23.5 Å². The molecule has 59 heavy (non-hydrogen) atoms. The summed E-state index contributed by atoms with van der Waals surface area (Å²) in [5, 5.41) is 13.4. The van der Waals surface area contributed by atoms with Crippen LogP contribution in [-0.4, -0.2) is 45.2 Å². The zero-order valence-electron chi connectivity index (χ0n) is 33.0. The monoisotopic (exact) mass is 891 g/mol. The van der Waals surface area contributed by atoms with E-state index in [2.05, 4.69) is 18.5 Å². The van der Waals surface area contributed by atoms with Crippen LogP contribution in [0.2, 0.25) is 0 Å². The molecule has 297 valence electrons. The van der Waals surface area contributed by atoms with E-state index < -0.39 is 5.97 Å². The maximum Gasteiger partial charge on any atom is 2.00 e. The van der Waals surface area contributed by atoms with Crippen LogP contribution in [-0.2, 0) is 32.8 Å². The van der Waals surface area contributed by atoms with Crippen LogP contribution in [0.25, 0.3) is 65.8 Å². The quantitative estimate of drug-likeness (QED) is 0.130. The van der Waals surface area contributed by atoms with Gasteiger partial charge in [0, 0.05) is 12.0 Å². The van der Waals surface area contributed by atoms with Gasteiger partial charge in [0.1, 0.15) is 0 Å². The van der Waals surface area contributed by atoms with Gasteiger partial charge in [-0.2, -0.15) is 0 Å². The van der Waals surface area contributed by atoms with Crippen LogP contribution in [0.5, 0.6) is 0 Å². The molecule has 4 aromatic heterocycles. The summed E-state index contributed by atoms with van der Waals surface area (Å²) in [6.45, 7) is 16.1. The number of benzene rings is 2. The fourth-order valence-electron chi connectivity index (χ4n) is 7.67. The second-order valence-corrected chi connectivity index (χ2v) is 16.5. The molecule has 2 aliphatic rings. The molecule has 2 aliphatic heterocycles. The number of carboxylic acids is 1. The number of aryl methyl sites for hydroxylation is 3. The Balaban J connectivity index is 0.00000528. The van der Waals surface area contributed by atoms with E-state index in [9.17, 15) is 19.5 Å². The smallest absolute Gasteiger partial charge is 0.481 e. The Bertz CT molecular complexity index is 3030. The van der Waals surface area contributed by atoms with E-state index in [1.807, 2.05) is 100 Å². The molecule has 6 aromatic rings. The largest absolute Gasteiger partial charge is 2.00 e. The summed E-state index contributed by atoms with van der Waals surface area (Å²) in [4.78, 5) is 58.5. The Morgan fingerprint density at radius 1 is 0.780 bits per heavy atom. The van der Waals surface area contributed by atoms with Crippen molar-refractivity contribution in [2.75, 3.05) is 5.32 Å².